The second kappa shape index (κ2) is 6.51. The van der Waals surface area contributed by atoms with Gasteiger partial charge in [0, 0.05) is 12.5 Å². The summed E-state index contributed by atoms with van der Waals surface area (Å²) in [5.41, 5.74) is -0.506. The van der Waals surface area contributed by atoms with Crippen LogP contribution in [0, 0.1) is 5.92 Å². The van der Waals surface area contributed by atoms with E-state index in [0.29, 0.717) is 12.3 Å². The van der Waals surface area contributed by atoms with E-state index in [1.165, 1.54) is 0 Å². The van der Waals surface area contributed by atoms with Gasteiger partial charge < -0.3 is 14.8 Å². The minimum absolute atomic E-state index is 0.132. The molecule has 0 heterocycles. The summed E-state index contributed by atoms with van der Waals surface area (Å²) in [5, 5.41) is 2.71. The van der Waals surface area contributed by atoms with Crippen LogP contribution in [0.4, 0.5) is 4.79 Å². The summed E-state index contributed by atoms with van der Waals surface area (Å²) in [6.45, 7) is 9.53. The van der Waals surface area contributed by atoms with E-state index >= 15 is 0 Å². The molecule has 0 saturated carbocycles. The van der Waals surface area contributed by atoms with Crippen molar-refractivity contribution in [3.05, 3.63) is 0 Å². The smallest absolute Gasteiger partial charge is 0.407 e. The topological polar surface area (TPSA) is 55.4 Å². The number of alkyl carbamates (subject to hydrolysis) is 1. The minimum Gasteiger partial charge on any atom is -0.444 e. The number of nitrogens with one attached hydrogen (secondary N) is 1. The standard InChI is InChI=1S/C12H23NO3/c1-9(2)8-10(6-7-14)13-11(15)16-12(3,4)5/h7,9-10H,6,8H2,1-5H3,(H,13,15). The van der Waals surface area contributed by atoms with Crippen molar-refractivity contribution in [3.8, 4) is 0 Å². The number of carbonyl (C=O) groups excluding carboxylic acids is 2. The molecule has 1 atom stereocenters. The van der Waals surface area contributed by atoms with Gasteiger partial charge in [-0.3, -0.25) is 0 Å². The Morgan fingerprint density at radius 1 is 1.38 bits per heavy atom. The fourth-order valence-electron chi connectivity index (χ4n) is 1.37. The molecule has 0 aliphatic heterocycles. The van der Waals surface area contributed by atoms with Crippen molar-refractivity contribution in [1.82, 2.24) is 5.32 Å². The molecule has 0 aromatic heterocycles. The van der Waals surface area contributed by atoms with Crippen LogP contribution >= 0.6 is 0 Å². The number of carbonyl (C=O) groups is 2. The number of rotatable bonds is 5. The highest BCUT2D eigenvalue weighted by Gasteiger charge is 2.19. The van der Waals surface area contributed by atoms with Crippen LogP contribution in [0.3, 0.4) is 0 Å². The second-order valence-corrected chi connectivity index (χ2v) is 5.38. The third-order valence-corrected chi connectivity index (χ3v) is 1.86. The average Bonchev–Trinajstić information content (AvgIpc) is 1.98. The predicted octanol–water partition coefficient (Wildman–Crippen LogP) is 2.51. The first-order valence-electron chi connectivity index (χ1n) is 5.67. The largest absolute Gasteiger partial charge is 0.444 e. The van der Waals surface area contributed by atoms with Crippen molar-refractivity contribution in [3.63, 3.8) is 0 Å². The average molecular weight is 229 g/mol. The van der Waals surface area contributed by atoms with Crippen molar-refractivity contribution in [1.29, 1.82) is 0 Å². The van der Waals surface area contributed by atoms with Gasteiger partial charge in [-0.1, -0.05) is 13.8 Å². The molecule has 0 radical (unpaired) electrons. The zero-order chi connectivity index (χ0) is 12.8. The highest BCUT2D eigenvalue weighted by Crippen LogP contribution is 2.10. The fraction of sp³-hybridized carbons (Fsp3) is 0.833. The number of aldehydes is 1. The Morgan fingerprint density at radius 3 is 2.31 bits per heavy atom. The summed E-state index contributed by atoms with van der Waals surface area (Å²) >= 11 is 0. The molecule has 16 heavy (non-hydrogen) atoms. The van der Waals surface area contributed by atoms with E-state index in [2.05, 4.69) is 19.2 Å². The van der Waals surface area contributed by atoms with Gasteiger partial charge in [0.15, 0.2) is 0 Å². The Morgan fingerprint density at radius 2 is 1.94 bits per heavy atom. The Balaban J connectivity index is 4.17. The summed E-state index contributed by atoms with van der Waals surface area (Å²) < 4.78 is 5.13. The maximum Gasteiger partial charge on any atom is 0.407 e. The van der Waals surface area contributed by atoms with E-state index in [1.807, 2.05) is 20.8 Å². The van der Waals surface area contributed by atoms with Crippen LogP contribution in [0.25, 0.3) is 0 Å². The van der Waals surface area contributed by atoms with Crippen molar-refractivity contribution in [2.45, 2.75) is 59.1 Å². The van der Waals surface area contributed by atoms with E-state index in [0.717, 1.165) is 12.7 Å². The Bertz CT molecular complexity index is 231. The van der Waals surface area contributed by atoms with Crippen LogP contribution in [-0.4, -0.2) is 24.0 Å². The maximum atomic E-state index is 11.5. The van der Waals surface area contributed by atoms with Gasteiger partial charge in [-0.05, 0) is 33.1 Å². The molecular weight excluding hydrogens is 206 g/mol. The minimum atomic E-state index is -0.506. The lowest BCUT2D eigenvalue weighted by molar-refractivity contribution is -0.108. The van der Waals surface area contributed by atoms with Crippen molar-refractivity contribution in [2.75, 3.05) is 0 Å². The first kappa shape index (κ1) is 14.9. The Hall–Kier alpha value is -1.06. The molecule has 0 bridgehead atoms. The summed E-state index contributed by atoms with van der Waals surface area (Å²) in [7, 11) is 0. The number of hydrogen-bond donors (Lipinski definition) is 1. The molecule has 4 heteroatoms. The van der Waals surface area contributed by atoms with Gasteiger partial charge in [-0.2, -0.15) is 0 Å². The molecule has 1 amide bonds. The number of hydrogen-bond acceptors (Lipinski definition) is 3. The molecule has 0 saturated heterocycles. The van der Waals surface area contributed by atoms with Gasteiger partial charge >= 0.3 is 6.09 Å². The summed E-state index contributed by atoms with van der Waals surface area (Å²) in [6.07, 6.45) is 1.47. The third kappa shape index (κ3) is 8.26. The quantitative estimate of drug-likeness (QED) is 0.737. The summed E-state index contributed by atoms with van der Waals surface area (Å²) in [5.74, 6) is 0.430. The number of amides is 1. The first-order chi connectivity index (χ1) is 7.24. The van der Waals surface area contributed by atoms with E-state index < -0.39 is 11.7 Å². The molecular formula is C12H23NO3. The third-order valence-electron chi connectivity index (χ3n) is 1.86. The number of ether oxygens (including phenoxy) is 1. The highest BCUT2D eigenvalue weighted by molar-refractivity contribution is 5.68. The molecule has 0 spiro atoms. The van der Waals surface area contributed by atoms with Crippen molar-refractivity contribution >= 4 is 12.4 Å². The van der Waals surface area contributed by atoms with Gasteiger partial charge in [0.25, 0.3) is 0 Å². The van der Waals surface area contributed by atoms with Crippen LogP contribution in [0.2, 0.25) is 0 Å². The molecule has 1 unspecified atom stereocenters. The first-order valence-corrected chi connectivity index (χ1v) is 5.67. The van der Waals surface area contributed by atoms with Crippen molar-refractivity contribution < 1.29 is 14.3 Å². The lowest BCUT2D eigenvalue weighted by Gasteiger charge is -2.23. The molecule has 0 aromatic carbocycles. The fourth-order valence-corrected chi connectivity index (χ4v) is 1.37. The van der Waals surface area contributed by atoms with Gasteiger partial charge in [-0.25, -0.2) is 4.79 Å². The maximum absolute atomic E-state index is 11.5. The van der Waals surface area contributed by atoms with Crippen LogP contribution in [-0.2, 0) is 9.53 Å². The molecule has 0 aliphatic rings. The van der Waals surface area contributed by atoms with Crippen molar-refractivity contribution in [2.24, 2.45) is 5.92 Å². The van der Waals surface area contributed by atoms with Crippen LogP contribution < -0.4 is 5.32 Å². The van der Waals surface area contributed by atoms with E-state index in [1.54, 1.807) is 0 Å². The van der Waals surface area contributed by atoms with Gasteiger partial charge in [0.05, 0.1) is 0 Å². The van der Waals surface area contributed by atoms with Crippen LogP contribution in [0.15, 0.2) is 0 Å². The Labute approximate surface area is 97.7 Å². The monoisotopic (exact) mass is 229 g/mol. The molecule has 0 fully saturated rings. The van der Waals surface area contributed by atoms with Gasteiger partial charge in [0.2, 0.25) is 0 Å². The van der Waals surface area contributed by atoms with Gasteiger partial charge in [0.1, 0.15) is 11.9 Å². The lowest BCUT2D eigenvalue weighted by atomic mass is 10.0. The lowest BCUT2D eigenvalue weighted by Crippen LogP contribution is -2.40. The van der Waals surface area contributed by atoms with Crippen LogP contribution in [0.1, 0.15) is 47.5 Å². The van der Waals surface area contributed by atoms with E-state index in [-0.39, 0.29) is 6.04 Å². The zero-order valence-corrected chi connectivity index (χ0v) is 10.9. The molecule has 94 valence electrons. The predicted molar refractivity (Wildman–Crippen MR) is 63.3 cm³/mol. The molecule has 0 rings (SSSR count). The Kier molecular flexibility index (Phi) is 6.08. The summed E-state index contributed by atoms with van der Waals surface area (Å²) in [4.78, 5) is 21.9. The van der Waals surface area contributed by atoms with E-state index in [9.17, 15) is 9.59 Å². The van der Waals surface area contributed by atoms with Gasteiger partial charge in [-0.15, -0.1) is 0 Å². The molecule has 0 aromatic rings. The highest BCUT2D eigenvalue weighted by atomic mass is 16.6. The second-order valence-electron chi connectivity index (χ2n) is 5.38. The summed E-state index contributed by atoms with van der Waals surface area (Å²) in [6, 6.07) is -0.132. The molecule has 1 N–H and O–H groups in total. The van der Waals surface area contributed by atoms with E-state index in [4.69, 9.17) is 4.74 Å². The van der Waals surface area contributed by atoms with Crippen LogP contribution in [0.5, 0.6) is 0 Å². The molecule has 0 aliphatic carbocycles. The SMILES string of the molecule is CC(C)CC(CC=O)NC(=O)OC(C)(C)C. The normalized spacial score (nSPS) is 13.4. The zero-order valence-electron chi connectivity index (χ0n) is 10.9. The molecule has 4 nitrogen and oxygen atoms in total.